The zero-order chi connectivity index (χ0) is 18.9. The Labute approximate surface area is 153 Å². The molecule has 0 saturated carbocycles. The monoisotopic (exact) mass is 357 g/mol. The van der Waals surface area contributed by atoms with Gasteiger partial charge in [-0.2, -0.15) is 0 Å². The second-order valence-electron chi connectivity index (χ2n) is 6.16. The van der Waals surface area contributed by atoms with E-state index in [1.54, 1.807) is 24.0 Å². The number of hydrogen-bond acceptors (Lipinski definition) is 3. The number of hydrogen-bond donors (Lipinski definition) is 0. The summed E-state index contributed by atoms with van der Waals surface area (Å²) in [6, 6.07) is 13.8. The van der Waals surface area contributed by atoms with Crippen molar-refractivity contribution in [2.45, 2.75) is 33.2 Å². The second-order valence-corrected chi connectivity index (χ2v) is 6.16. The van der Waals surface area contributed by atoms with Crippen LogP contribution in [-0.4, -0.2) is 29.9 Å². The van der Waals surface area contributed by atoms with Gasteiger partial charge in [0.15, 0.2) is 0 Å². The molecule has 0 bridgehead atoms. The molecule has 0 spiro atoms. The Balaban J connectivity index is 2.07. The van der Waals surface area contributed by atoms with Crippen molar-refractivity contribution < 1.29 is 18.7 Å². The molecule has 4 nitrogen and oxygen atoms in total. The van der Waals surface area contributed by atoms with Crippen LogP contribution in [0.5, 0.6) is 0 Å². The van der Waals surface area contributed by atoms with Gasteiger partial charge in [-0.25, -0.2) is 4.39 Å². The van der Waals surface area contributed by atoms with E-state index in [0.29, 0.717) is 13.2 Å². The van der Waals surface area contributed by atoms with E-state index in [0.717, 1.165) is 16.7 Å². The van der Waals surface area contributed by atoms with Gasteiger partial charge in [0, 0.05) is 13.1 Å². The van der Waals surface area contributed by atoms with E-state index in [9.17, 15) is 14.0 Å². The Morgan fingerprint density at radius 1 is 1.00 bits per heavy atom. The molecule has 138 valence electrons. The number of benzene rings is 2. The lowest BCUT2D eigenvalue weighted by Gasteiger charge is -2.23. The maximum atomic E-state index is 13.0. The summed E-state index contributed by atoms with van der Waals surface area (Å²) >= 11 is 0. The Hall–Kier alpha value is -2.69. The van der Waals surface area contributed by atoms with Gasteiger partial charge in [-0.3, -0.25) is 9.59 Å². The zero-order valence-corrected chi connectivity index (χ0v) is 15.2. The molecule has 0 atom stereocenters. The number of ether oxygens (including phenoxy) is 1. The smallest absolute Gasteiger partial charge is 0.307 e. The van der Waals surface area contributed by atoms with Crippen molar-refractivity contribution in [3.05, 3.63) is 71.0 Å². The summed E-state index contributed by atoms with van der Waals surface area (Å²) in [5.41, 5.74) is 2.87. The molecule has 0 radical (unpaired) electrons. The fraction of sp³-hybridized carbons (Fsp3) is 0.333. The minimum absolute atomic E-state index is 0.110. The van der Waals surface area contributed by atoms with Gasteiger partial charge in [0.2, 0.25) is 5.91 Å². The maximum absolute atomic E-state index is 13.0. The summed E-state index contributed by atoms with van der Waals surface area (Å²) < 4.78 is 18.0. The first kappa shape index (κ1) is 19.6. The molecule has 1 amide bonds. The number of nitrogens with zero attached hydrogens (tertiary/aromatic N) is 1. The van der Waals surface area contributed by atoms with Crippen molar-refractivity contribution >= 4 is 11.9 Å². The normalized spacial score (nSPS) is 10.4. The third-order valence-electron chi connectivity index (χ3n) is 4.01. The molecule has 0 aliphatic rings. The second kappa shape index (κ2) is 9.70. The van der Waals surface area contributed by atoms with Crippen molar-refractivity contribution in [3.63, 3.8) is 0 Å². The highest BCUT2D eigenvalue weighted by molar-refractivity contribution is 5.79. The molecular weight excluding hydrogens is 333 g/mol. The van der Waals surface area contributed by atoms with Gasteiger partial charge in [0.05, 0.1) is 19.4 Å². The van der Waals surface area contributed by atoms with Crippen LogP contribution in [-0.2, 0) is 27.3 Å². The van der Waals surface area contributed by atoms with Crippen molar-refractivity contribution in [2.24, 2.45) is 0 Å². The molecule has 2 aromatic rings. The summed E-state index contributed by atoms with van der Waals surface area (Å²) in [6.07, 6.45) is 0.309. The number of carbonyl (C=O) groups is 2. The molecule has 0 aliphatic heterocycles. The number of aryl methyl sites for hydroxylation is 1. The maximum Gasteiger partial charge on any atom is 0.307 e. The highest BCUT2D eigenvalue weighted by Gasteiger charge is 2.16. The first-order valence-electron chi connectivity index (χ1n) is 8.71. The first-order chi connectivity index (χ1) is 12.5. The highest BCUT2D eigenvalue weighted by Crippen LogP contribution is 2.11. The van der Waals surface area contributed by atoms with Crippen LogP contribution in [0.1, 0.15) is 30.0 Å². The molecule has 2 aromatic carbocycles. The molecule has 0 saturated heterocycles. The summed E-state index contributed by atoms with van der Waals surface area (Å²) in [5.74, 6) is -0.766. The Morgan fingerprint density at radius 2 is 1.62 bits per heavy atom. The minimum Gasteiger partial charge on any atom is -0.466 e. The Morgan fingerprint density at radius 3 is 2.23 bits per heavy atom. The number of esters is 1. The van der Waals surface area contributed by atoms with Gasteiger partial charge < -0.3 is 9.64 Å². The molecule has 0 N–H and O–H groups in total. The van der Waals surface area contributed by atoms with Gasteiger partial charge in [-0.1, -0.05) is 42.0 Å². The van der Waals surface area contributed by atoms with Gasteiger partial charge in [-0.05, 0) is 37.1 Å². The van der Waals surface area contributed by atoms with Crippen LogP contribution in [0.2, 0.25) is 0 Å². The standard InChI is InChI=1S/C21H24FNO3/c1-3-26-21(25)12-13-23(15-18-6-4-16(2)5-7-18)20(24)14-17-8-10-19(22)11-9-17/h4-11H,3,12-15H2,1-2H3. The summed E-state index contributed by atoms with van der Waals surface area (Å²) in [7, 11) is 0. The van der Waals surface area contributed by atoms with Crippen LogP contribution in [0, 0.1) is 12.7 Å². The average molecular weight is 357 g/mol. The third-order valence-corrected chi connectivity index (χ3v) is 4.01. The molecule has 2 rings (SSSR count). The van der Waals surface area contributed by atoms with Crippen molar-refractivity contribution in [1.82, 2.24) is 4.90 Å². The molecule has 0 heterocycles. The quantitative estimate of drug-likeness (QED) is 0.678. The van der Waals surface area contributed by atoms with Gasteiger partial charge in [0.1, 0.15) is 5.82 Å². The molecule has 26 heavy (non-hydrogen) atoms. The van der Waals surface area contributed by atoms with E-state index in [-0.39, 0.29) is 37.1 Å². The molecule has 0 unspecified atom stereocenters. The van der Waals surface area contributed by atoms with Crippen LogP contribution < -0.4 is 0 Å². The van der Waals surface area contributed by atoms with Crippen molar-refractivity contribution in [3.8, 4) is 0 Å². The highest BCUT2D eigenvalue weighted by atomic mass is 19.1. The largest absolute Gasteiger partial charge is 0.466 e. The third kappa shape index (κ3) is 6.31. The first-order valence-corrected chi connectivity index (χ1v) is 8.71. The van der Waals surface area contributed by atoms with Crippen LogP contribution in [0.15, 0.2) is 48.5 Å². The van der Waals surface area contributed by atoms with Crippen LogP contribution in [0.4, 0.5) is 4.39 Å². The van der Waals surface area contributed by atoms with Crippen LogP contribution >= 0.6 is 0 Å². The molecule has 0 fully saturated rings. The molecule has 5 heteroatoms. The minimum atomic E-state index is -0.333. The summed E-state index contributed by atoms with van der Waals surface area (Å²) in [4.78, 5) is 26.0. The van der Waals surface area contributed by atoms with E-state index >= 15 is 0 Å². The predicted octanol–water partition coefficient (Wildman–Crippen LogP) is 3.66. The molecule has 0 aliphatic carbocycles. The number of carbonyl (C=O) groups excluding carboxylic acids is 2. The van der Waals surface area contributed by atoms with Gasteiger partial charge >= 0.3 is 5.97 Å². The fourth-order valence-electron chi connectivity index (χ4n) is 2.55. The molecular formula is C21H24FNO3. The van der Waals surface area contributed by atoms with E-state index in [1.165, 1.54) is 12.1 Å². The summed E-state index contributed by atoms with van der Waals surface area (Å²) in [5, 5.41) is 0. The number of halogens is 1. The van der Waals surface area contributed by atoms with E-state index < -0.39 is 0 Å². The number of amides is 1. The molecule has 0 aromatic heterocycles. The summed E-state index contributed by atoms with van der Waals surface area (Å²) in [6.45, 7) is 4.77. The van der Waals surface area contributed by atoms with Crippen LogP contribution in [0.3, 0.4) is 0 Å². The SMILES string of the molecule is CCOC(=O)CCN(Cc1ccc(C)cc1)C(=O)Cc1ccc(F)cc1. The Bertz CT molecular complexity index is 726. The fourth-order valence-corrected chi connectivity index (χ4v) is 2.55. The zero-order valence-electron chi connectivity index (χ0n) is 15.2. The lowest BCUT2D eigenvalue weighted by Crippen LogP contribution is -2.34. The van der Waals surface area contributed by atoms with Crippen molar-refractivity contribution in [1.29, 1.82) is 0 Å². The topological polar surface area (TPSA) is 46.6 Å². The van der Waals surface area contributed by atoms with E-state index in [4.69, 9.17) is 4.74 Å². The van der Waals surface area contributed by atoms with E-state index in [1.807, 2.05) is 31.2 Å². The van der Waals surface area contributed by atoms with Crippen molar-refractivity contribution in [2.75, 3.05) is 13.2 Å². The average Bonchev–Trinajstić information content (AvgIpc) is 2.62. The van der Waals surface area contributed by atoms with Gasteiger partial charge in [0.25, 0.3) is 0 Å². The Kier molecular flexibility index (Phi) is 7.33. The predicted molar refractivity (Wildman–Crippen MR) is 98.0 cm³/mol. The van der Waals surface area contributed by atoms with Crippen LogP contribution in [0.25, 0.3) is 0 Å². The van der Waals surface area contributed by atoms with E-state index in [2.05, 4.69) is 0 Å². The van der Waals surface area contributed by atoms with Gasteiger partial charge in [-0.15, -0.1) is 0 Å². The lowest BCUT2D eigenvalue weighted by atomic mass is 10.1. The lowest BCUT2D eigenvalue weighted by molar-refractivity contribution is -0.144. The number of rotatable bonds is 8.